The molecule has 2 nitrogen and oxygen atoms in total. The molecule has 26 heavy (non-hydrogen) atoms. The van der Waals surface area contributed by atoms with E-state index in [2.05, 4.69) is 0 Å². The minimum Gasteiger partial charge on any atom is -0.496 e. The molecule has 3 aromatic carbocycles. The highest BCUT2D eigenvalue weighted by Crippen LogP contribution is 2.39. The van der Waals surface area contributed by atoms with E-state index in [9.17, 15) is 8.78 Å². The molecule has 0 aliphatic heterocycles. The summed E-state index contributed by atoms with van der Waals surface area (Å²) < 4.78 is 40.0. The minimum absolute atomic E-state index is 0.283. The van der Waals surface area contributed by atoms with Gasteiger partial charge in [0.25, 0.3) is 0 Å². The molecule has 0 heterocycles. The maximum atomic E-state index is 14.6. The quantitative estimate of drug-likeness (QED) is 0.578. The first kappa shape index (κ1) is 17.9. The first-order chi connectivity index (χ1) is 12.4. The number of ether oxygens (including phenoxy) is 2. The molecule has 0 amide bonds. The average molecular weight is 354 g/mol. The third-order valence-electron chi connectivity index (χ3n) is 4.35. The normalized spacial score (nSPS) is 10.7. The highest BCUT2D eigenvalue weighted by atomic mass is 19.1. The summed E-state index contributed by atoms with van der Waals surface area (Å²) in [4.78, 5) is 0. The van der Waals surface area contributed by atoms with E-state index >= 15 is 0 Å². The molecule has 0 saturated heterocycles. The topological polar surface area (TPSA) is 18.5 Å². The zero-order chi connectivity index (χ0) is 18.8. The van der Waals surface area contributed by atoms with E-state index in [0.29, 0.717) is 22.6 Å². The van der Waals surface area contributed by atoms with Gasteiger partial charge < -0.3 is 9.47 Å². The highest BCUT2D eigenvalue weighted by molar-refractivity contribution is 5.80. The Morgan fingerprint density at radius 2 is 1.00 bits per heavy atom. The molecule has 0 atom stereocenters. The number of methoxy groups -OCH3 is 2. The lowest BCUT2D eigenvalue weighted by atomic mass is 9.95. The molecule has 0 N–H and O–H groups in total. The molecule has 0 saturated carbocycles. The zero-order valence-corrected chi connectivity index (χ0v) is 15.2. The number of benzene rings is 3. The molecule has 0 spiro atoms. The van der Waals surface area contributed by atoms with Crippen molar-refractivity contribution >= 4 is 0 Å². The van der Waals surface area contributed by atoms with Gasteiger partial charge >= 0.3 is 0 Å². The van der Waals surface area contributed by atoms with Crippen molar-refractivity contribution in [1.29, 1.82) is 0 Å². The van der Waals surface area contributed by atoms with Gasteiger partial charge in [0, 0.05) is 28.3 Å². The average Bonchev–Trinajstić information content (AvgIpc) is 2.62. The van der Waals surface area contributed by atoms with Crippen molar-refractivity contribution in [2.75, 3.05) is 14.2 Å². The molecular weight excluding hydrogens is 334 g/mol. The third kappa shape index (κ3) is 3.27. The number of halogens is 2. The van der Waals surface area contributed by atoms with Crippen LogP contribution in [0.5, 0.6) is 11.5 Å². The summed E-state index contributed by atoms with van der Waals surface area (Å²) in [7, 11) is 3.06. The van der Waals surface area contributed by atoms with Gasteiger partial charge in [-0.05, 0) is 44.2 Å². The SMILES string of the molecule is COc1ccc(C)cc1-c1cc(-c2cc(C)ccc2OC)c(F)cc1F. The summed E-state index contributed by atoms with van der Waals surface area (Å²) in [5.41, 5.74) is 3.64. The molecule has 0 radical (unpaired) electrons. The Hall–Kier alpha value is -2.88. The summed E-state index contributed by atoms with van der Waals surface area (Å²) in [6.45, 7) is 3.82. The van der Waals surface area contributed by atoms with E-state index in [4.69, 9.17) is 9.47 Å². The van der Waals surface area contributed by atoms with Crippen molar-refractivity contribution in [2.24, 2.45) is 0 Å². The van der Waals surface area contributed by atoms with Crippen LogP contribution in [0.15, 0.2) is 48.5 Å². The number of hydrogen-bond donors (Lipinski definition) is 0. The first-order valence-corrected chi connectivity index (χ1v) is 8.23. The summed E-state index contributed by atoms with van der Waals surface area (Å²) in [5.74, 6) is -0.213. The second-order valence-electron chi connectivity index (χ2n) is 6.22. The van der Waals surface area contributed by atoms with Gasteiger partial charge in [-0.3, -0.25) is 0 Å². The third-order valence-corrected chi connectivity index (χ3v) is 4.35. The van der Waals surface area contributed by atoms with Gasteiger partial charge in [0.2, 0.25) is 0 Å². The van der Waals surface area contributed by atoms with E-state index in [-0.39, 0.29) is 11.1 Å². The van der Waals surface area contributed by atoms with E-state index in [1.165, 1.54) is 20.3 Å². The van der Waals surface area contributed by atoms with Crippen molar-refractivity contribution in [3.05, 3.63) is 71.3 Å². The molecule has 0 fully saturated rings. The summed E-state index contributed by atoms with van der Waals surface area (Å²) in [5, 5.41) is 0. The fourth-order valence-electron chi connectivity index (χ4n) is 3.03. The second-order valence-corrected chi connectivity index (χ2v) is 6.22. The molecule has 0 unspecified atom stereocenters. The van der Waals surface area contributed by atoms with E-state index in [1.807, 2.05) is 38.1 Å². The van der Waals surface area contributed by atoms with Gasteiger partial charge in [0.05, 0.1) is 14.2 Å². The molecule has 3 rings (SSSR count). The van der Waals surface area contributed by atoms with Crippen molar-refractivity contribution in [2.45, 2.75) is 13.8 Å². The lowest BCUT2D eigenvalue weighted by Crippen LogP contribution is -1.96. The van der Waals surface area contributed by atoms with E-state index in [0.717, 1.165) is 17.2 Å². The van der Waals surface area contributed by atoms with Crippen LogP contribution in [0.3, 0.4) is 0 Å². The Morgan fingerprint density at radius 3 is 1.38 bits per heavy atom. The van der Waals surface area contributed by atoms with Crippen LogP contribution >= 0.6 is 0 Å². The van der Waals surface area contributed by atoms with E-state index < -0.39 is 11.6 Å². The van der Waals surface area contributed by atoms with Gasteiger partial charge in [-0.2, -0.15) is 0 Å². The maximum absolute atomic E-state index is 14.6. The second kappa shape index (κ2) is 7.16. The predicted octanol–water partition coefficient (Wildman–Crippen LogP) is 5.93. The Balaban J connectivity index is 2.28. The summed E-state index contributed by atoms with van der Waals surface area (Å²) in [6, 6.07) is 13.4. The Kier molecular flexibility index (Phi) is 4.94. The number of rotatable bonds is 4. The number of hydrogen-bond acceptors (Lipinski definition) is 2. The Labute approximate surface area is 152 Å². The maximum Gasteiger partial charge on any atom is 0.134 e. The smallest absolute Gasteiger partial charge is 0.134 e. The van der Waals surface area contributed by atoms with Crippen molar-refractivity contribution in [3.8, 4) is 33.8 Å². The number of aryl methyl sites for hydroxylation is 2. The fraction of sp³-hybridized carbons (Fsp3) is 0.182. The molecule has 0 bridgehead atoms. The van der Waals surface area contributed by atoms with Crippen LogP contribution in [0.1, 0.15) is 11.1 Å². The zero-order valence-electron chi connectivity index (χ0n) is 15.2. The van der Waals surface area contributed by atoms with Crippen LogP contribution in [-0.4, -0.2) is 14.2 Å². The first-order valence-electron chi connectivity index (χ1n) is 8.23. The fourth-order valence-corrected chi connectivity index (χ4v) is 3.03. The molecule has 3 aromatic rings. The van der Waals surface area contributed by atoms with Gasteiger partial charge in [-0.1, -0.05) is 23.3 Å². The Morgan fingerprint density at radius 1 is 0.577 bits per heavy atom. The van der Waals surface area contributed by atoms with Gasteiger partial charge in [0.15, 0.2) is 0 Å². The van der Waals surface area contributed by atoms with Gasteiger partial charge in [0.1, 0.15) is 23.1 Å². The lowest BCUT2D eigenvalue weighted by molar-refractivity contribution is 0.415. The molecule has 0 aromatic heterocycles. The van der Waals surface area contributed by atoms with Gasteiger partial charge in [-0.15, -0.1) is 0 Å². The van der Waals surface area contributed by atoms with Gasteiger partial charge in [-0.25, -0.2) is 8.78 Å². The lowest BCUT2D eigenvalue weighted by Gasteiger charge is -2.15. The molecule has 0 aliphatic rings. The van der Waals surface area contributed by atoms with E-state index in [1.54, 1.807) is 12.1 Å². The van der Waals surface area contributed by atoms with Crippen molar-refractivity contribution in [1.82, 2.24) is 0 Å². The van der Waals surface area contributed by atoms with Crippen LogP contribution in [0.4, 0.5) is 8.78 Å². The standard InChI is InChI=1S/C22H20F2O2/c1-13-5-7-21(25-3)17(9-13)15-11-16(20(24)12-19(15)23)18-10-14(2)6-8-22(18)26-4/h5-12H,1-4H3. The molecular formula is C22H20F2O2. The van der Waals surface area contributed by atoms with Crippen molar-refractivity contribution in [3.63, 3.8) is 0 Å². The monoisotopic (exact) mass is 354 g/mol. The minimum atomic E-state index is -0.637. The summed E-state index contributed by atoms with van der Waals surface area (Å²) >= 11 is 0. The molecule has 134 valence electrons. The highest BCUT2D eigenvalue weighted by Gasteiger charge is 2.18. The van der Waals surface area contributed by atoms with Crippen molar-refractivity contribution < 1.29 is 18.3 Å². The van der Waals surface area contributed by atoms with Crippen LogP contribution in [-0.2, 0) is 0 Å². The largest absolute Gasteiger partial charge is 0.496 e. The Bertz CT molecular complexity index is 890. The van der Waals surface area contributed by atoms with Crippen LogP contribution in [0.25, 0.3) is 22.3 Å². The van der Waals surface area contributed by atoms with Crippen LogP contribution < -0.4 is 9.47 Å². The summed E-state index contributed by atoms with van der Waals surface area (Å²) in [6.07, 6.45) is 0. The molecule has 0 aliphatic carbocycles. The van der Waals surface area contributed by atoms with Crippen LogP contribution in [0, 0.1) is 25.5 Å². The van der Waals surface area contributed by atoms with Crippen LogP contribution in [0.2, 0.25) is 0 Å². The molecule has 4 heteroatoms. The predicted molar refractivity (Wildman–Crippen MR) is 99.8 cm³/mol.